The maximum Gasteiger partial charge on any atom is 0.152 e. The number of benzene rings is 2. The van der Waals surface area contributed by atoms with E-state index in [1.54, 1.807) is 16.8 Å². The first-order valence-corrected chi connectivity index (χ1v) is 10.2. The molecule has 0 radical (unpaired) electrons. The van der Waals surface area contributed by atoms with Gasteiger partial charge in [0, 0.05) is 11.5 Å². The van der Waals surface area contributed by atoms with Crippen molar-refractivity contribution < 1.29 is 5.11 Å². The van der Waals surface area contributed by atoms with E-state index in [2.05, 4.69) is 36.3 Å². The second-order valence-corrected chi connectivity index (χ2v) is 7.87. The van der Waals surface area contributed by atoms with Crippen molar-refractivity contribution in [1.29, 1.82) is 0 Å². The average molecular weight is 387 g/mol. The minimum absolute atomic E-state index is 0.0603. The molecule has 0 saturated carbocycles. The fourth-order valence-corrected chi connectivity index (χ4v) is 4.05. The number of hydrazine groups is 1. The Kier molecular flexibility index (Phi) is 9.18. The van der Waals surface area contributed by atoms with Crippen LogP contribution < -0.4 is 11.7 Å². The van der Waals surface area contributed by atoms with Crippen molar-refractivity contribution in [3.63, 3.8) is 0 Å². The van der Waals surface area contributed by atoms with E-state index in [1.165, 1.54) is 10.5 Å². The Balaban J connectivity index is 2.10. The maximum atomic E-state index is 9.02. The second-order valence-electron chi connectivity index (χ2n) is 6.59. The molecule has 0 saturated heterocycles. The summed E-state index contributed by atoms with van der Waals surface area (Å²) in [5.74, 6) is 12.8. The lowest BCUT2D eigenvalue weighted by molar-refractivity contribution is 0.282. The number of nitrogens with two attached hydrogens (primary N) is 2. The predicted molar refractivity (Wildman–Crippen MR) is 114 cm³/mol. The molecule has 146 valence electrons. The highest BCUT2D eigenvalue weighted by Crippen LogP contribution is 2.29. The highest BCUT2D eigenvalue weighted by Gasteiger charge is 2.22. The lowest BCUT2D eigenvalue weighted by Gasteiger charge is -2.26. The van der Waals surface area contributed by atoms with Crippen LogP contribution in [0.1, 0.15) is 36.8 Å². The Morgan fingerprint density at radius 1 is 1.07 bits per heavy atom. The largest absolute Gasteiger partial charge is 0.396 e. The lowest BCUT2D eigenvalue weighted by Crippen LogP contribution is -2.43. The van der Waals surface area contributed by atoms with Crippen LogP contribution in [-0.4, -0.2) is 27.8 Å². The Morgan fingerprint density at radius 2 is 1.78 bits per heavy atom. The van der Waals surface area contributed by atoms with Gasteiger partial charge in [-0.1, -0.05) is 60.9 Å². The molecular formula is C21H30N4OS. The van der Waals surface area contributed by atoms with Gasteiger partial charge in [-0.05, 0) is 37.5 Å². The molecule has 0 aliphatic carbocycles. The van der Waals surface area contributed by atoms with Crippen LogP contribution in [0.5, 0.6) is 0 Å². The van der Waals surface area contributed by atoms with Gasteiger partial charge in [-0.15, -0.1) is 11.8 Å². The molecule has 5 N–H and O–H groups in total. The summed E-state index contributed by atoms with van der Waals surface area (Å²) in [6, 6.07) is 18.5. The monoisotopic (exact) mass is 386 g/mol. The van der Waals surface area contributed by atoms with Gasteiger partial charge in [0.25, 0.3) is 0 Å². The van der Waals surface area contributed by atoms with Crippen molar-refractivity contribution in [2.45, 2.75) is 49.3 Å². The Morgan fingerprint density at radius 3 is 2.41 bits per heavy atom. The Hall–Kier alpha value is -2.02. The standard InChI is InChI=1S/C21H30N4OS/c1-17-11-13-19(14-12-17)27-20(10-6-3-7-15-26)21(24-22)25(23)16-18-8-4-2-5-9-18/h2,4-5,8-9,11-14,20,26H,3,6-7,10,15-16,22-23H2,1H3/b24-21-. The number of unbranched alkanes of at least 4 members (excludes halogenated alkanes) is 2. The number of rotatable bonds is 10. The van der Waals surface area contributed by atoms with Crippen LogP contribution >= 0.6 is 11.8 Å². The number of aryl methyl sites for hydroxylation is 1. The first-order valence-electron chi connectivity index (χ1n) is 9.32. The third-order valence-electron chi connectivity index (χ3n) is 4.33. The molecule has 0 heterocycles. The second kappa shape index (κ2) is 11.6. The summed E-state index contributed by atoms with van der Waals surface area (Å²) < 4.78 is 0. The third-order valence-corrected chi connectivity index (χ3v) is 5.61. The number of hydrogen-bond donors (Lipinski definition) is 3. The number of hydrogen-bond acceptors (Lipinski definition) is 5. The minimum Gasteiger partial charge on any atom is -0.396 e. The van der Waals surface area contributed by atoms with Gasteiger partial charge in [-0.25, -0.2) is 5.84 Å². The van der Waals surface area contributed by atoms with Crippen LogP contribution in [0.15, 0.2) is 64.6 Å². The molecule has 27 heavy (non-hydrogen) atoms. The van der Waals surface area contributed by atoms with Crippen molar-refractivity contribution in [1.82, 2.24) is 5.01 Å². The van der Waals surface area contributed by atoms with Crippen LogP contribution in [0.4, 0.5) is 0 Å². The van der Waals surface area contributed by atoms with Crippen molar-refractivity contribution in [3.05, 3.63) is 65.7 Å². The third kappa shape index (κ3) is 7.25. The van der Waals surface area contributed by atoms with E-state index in [1.807, 2.05) is 30.3 Å². The molecule has 2 aromatic carbocycles. The summed E-state index contributed by atoms with van der Waals surface area (Å²) in [5, 5.41) is 14.8. The number of thioether (sulfide) groups is 1. The molecule has 0 aliphatic rings. The van der Waals surface area contributed by atoms with Gasteiger partial charge in [0.1, 0.15) is 0 Å². The van der Waals surface area contributed by atoms with Crippen molar-refractivity contribution in [2.24, 2.45) is 16.8 Å². The van der Waals surface area contributed by atoms with E-state index in [0.29, 0.717) is 12.4 Å². The Bertz CT molecular complexity index is 691. The maximum absolute atomic E-state index is 9.02. The van der Waals surface area contributed by atoms with Crippen molar-refractivity contribution in [3.8, 4) is 0 Å². The molecule has 2 aromatic rings. The van der Waals surface area contributed by atoms with E-state index in [4.69, 9.17) is 16.8 Å². The van der Waals surface area contributed by atoms with E-state index in [9.17, 15) is 0 Å². The fourth-order valence-electron chi connectivity index (χ4n) is 2.84. The number of aliphatic hydroxyl groups excluding tert-OH is 1. The molecule has 1 unspecified atom stereocenters. The SMILES string of the molecule is Cc1ccc(SC(CCCCCO)/C(=N/N)N(N)Cc2ccccc2)cc1. The van der Waals surface area contributed by atoms with Crippen LogP contribution in [0, 0.1) is 6.92 Å². The summed E-state index contributed by atoms with van der Waals surface area (Å²) in [7, 11) is 0. The fraction of sp³-hybridized carbons (Fsp3) is 0.381. The first kappa shape index (κ1) is 21.3. The van der Waals surface area contributed by atoms with Gasteiger partial charge in [0.2, 0.25) is 0 Å². The van der Waals surface area contributed by atoms with Crippen LogP contribution in [0.25, 0.3) is 0 Å². The molecular weight excluding hydrogens is 356 g/mol. The van der Waals surface area contributed by atoms with Crippen molar-refractivity contribution >= 4 is 17.6 Å². The van der Waals surface area contributed by atoms with Crippen LogP contribution in [0.2, 0.25) is 0 Å². The topological polar surface area (TPSA) is 87.9 Å². The van der Waals surface area contributed by atoms with Gasteiger partial charge >= 0.3 is 0 Å². The van der Waals surface area contributed by atoms with E-state index in [0.717, 1.165) is 31.2 Å². The zero-order valence-electron chi connectivity index (χ0n) is 15.9. The normalized spacial score (nSPS) is 12.8. The molecule has 0 spiro atoms. The van der Waals surface area contributed by atoms with Crippen molar-refractivity contribution in [2.75, 3.05) is 6.61 Å². The quantitative estimate of drug-likeness (QED) is 0.145. The van der Waals surface area contributed by atoms with Gasteiger partial charge in [0.15, 0.2) is 5.84 Å². The molecule has 6 heteroatoms. The summed E-state index contributed by atoms with van der Waals surface area (Å²) in [5.41, 5.74) is 2.34. The van der Waals surface area contributed by atoms with E-state index < -0.39 is 0 Å². The molecule has 5 nitrogen and oxygen atoms in total. The zero-order valence-corrected chi connectivity index (χ0v) is 16.7. The minimum atomic E-state index is 0.0603. The highest BCUT2D eigenvalue weighted by atomic mass is 32.2. The predicted octanol–water partition coefficient (Wildman–Crippen LogP) is 3.66. The van der Waals surface area contributed by atoms with E-state index >= 15 is 0 Å². The molecule has 0 bridgehead atoms. The van der Waals surface area contributed by atoms with Gasteiger partial charge < -0.3 is 10.9 Å². The number of amidine groups is 1. The first-order chi connectivity index (χ1) is 13.1. The summed E-state index contributed by atoms with van der Waals surface area (Å²) in [6.45, 7) is 2.86. The Labute approximate surface area is 166 Å². The molecule has 1 atom stereocenters. The molecule has 0 fully saturated rings. The molecule has 0 aromatic heterocycles. The number of aliphatic hydroxyl groups is 1. The molecule has 0 aliphatic heterocycles. The smallest absolute Gasteiger partial charge is 0.152 e. The number of hydrazone groups is 1. The van der Waals surface area contributed by atoms with Gasteiger partial charge in [-0.2, -0.15) is 5.10 Å². The highest BCUT2D eigenvalue weighted by molar-refractivity contribution is 8.00. The van der Waals surface area contributed by atoms with Crippen LogP contribution in [0.3, 0.4) is 0 Å². The van der Waals surface area contributed by atoms with Crippen LogP contribution in [-0.2, 0) is 6.54 Å². The molecule has 2 rings (SSSR count). The lowest BCUT2D eigenvalue weighted by atomic mass is 10.1. The number of nitrogens with zero attached hydrogens (tertiary/aromatic N) is 2. The average Bonchev–Trinajstić information content (AvgIpc) is 2.68. The van der Waals surface area contributed by atoms with E-state index in [-0.39, 0.29) is 11.9 Å². The van der Waals surface area contributed by atoms with Gasteiger partial charge in [-0.3, -0.25) is 5.01 Å². The summed E-state index contributed by atoms with van der Waals surface area (Å²) in [4.78, 5) is 1.17. The van der Waals surface area contributed by atoms with Gasteiger partial charge in [0.05, 0.1) is 11.8 Å². The summed E-state index contributed by atoms with van der Waals surface area (Å²) >= 11 is 1.73. The summed E-state index contributed by atoms with van der Waals surface area (Å²) in [6.07, 6.45) is 3.68. The molecule has 0 amide bonds. The zero-order chi connectivity index (χ0) is 19.5.